The van der Waals surface area contributed by atoms with Crippen molar-refractivity contribution >= 4 is 29.7 Å². The van der Waals surface area contributed by atoms with Crippen LogP contribution in [0.1, 0.15) is 21.1 Å². The number of nitrogens with one attached hydrogen (secondary N) is 1. The molecule has 1 aromatic carbocycles. The second-order valence-electron chi connectivity index (χ2n) is 5.59. The third kappa shape index (κ3) is 4.89. The zero-order valence-corrected chi connectivity index (χ0v) is 15.4. The number of ether oxygens (including phenoxy) is 1. The highest BCUT2D eigenvalue weighted by molar-refractivity contribution is 7.17. The predicted octanol–water partition coefficient (Wildman–Crippen LogP) is 3.49. The van der Waals surface area contributed by atoms with Crippen molar-refractivity contribution in [3.63, 3.8) is 0 Å². The van der Waals surface area contributed by atoms with Crippen LogP contribution in [-0.4, -0.2) is 41.3 Å². The maximum atomic E-state index is 11.2. The minimum absolute atomic E-state index is 0.116. The molecule has 7 nitrogen and oxygen atoms in total. The van der Waals surface area contributed by atoms with Gasteiger partial charge < -0.3 is 15.3 Å². The number of methoxy groups -OCH3 is 1. The summed E-state index contributed by atoms with van der Waals surface area (Å²) in [6, 6.07) is 13.3. The van der Waals surface area contributed by atoms with Gasteiger partial charge in [0.1, 0.15) is 11.6 Å². The van der Waals surface area contributed by atoms with Gasteiger partial charge in [0.15, 0.2) is 12.1 Å². The summed E-state index contributed by atoms with van der Waals surface area (Å²) in [6.45, 7) is 0.661. The van der Waals surface area contributed by atoms with Gasteiger partial charge in [-0.2, -0.15) is 0 Å². The molecule has 8 heteroatoms. The van der Waals surface area contributed by atoms with E-state index in [1.165, 1.54) is 23.1 Å². The molecule has 0 spiro atoms. The van der Waals surface area contributed by atoms with Crippen LogP contribution in [0.3, 0.4) is 0 Å². The smallest absolute Gasteiger partial charge is 0.195 e. The molecular weight excluding hydrogens is 364 g/mol. The number of aromatic nitrogens is 2. The molecule has 0 saturated carbocycles. The Hall–Kier alpha value is -3.26. The molecule has 0 aliphatic rings. The van der Waals surface area contributed by atoms with E-state index in [-0.39, 0.29) is 5.82 Å². The largest absolute Gasteiger partial charge is 0.497 e. The number of benzene rings is 1. The Morgan fingerprint density at radius 2 is 2.04 bits per heavy atom. The molecule has 2 heterocycles. The number of aldehydes is 1. The van der Waals surface area contributed by atoms with Gasteiger partial charge in [-0.3, -0.25) is 4.79 Å². The highest BCUT2D eigenvalue weighted by atomic mass is 32.1. The third-order valence-corrected chi connectivity index (χ3v) is 4.83. The van der Waals surface area contributed by atoms with E-state index in [4.69, 9.17) is 9.94 Å². The summed E-state index contributed by atoms with van der Waals surface area (Å²) in [4.78, 5) is 21.3. The van der Waals surface area contributed by atoms with Crippen LogP contribution in [-0.2, 0) is 6.42 Å². The highest BCUT2D eigenvalue weighted by Crippen LogP contribution is 2.27. The van der Waals surface area contributed by atoms with E-state index in [0.29, 0.717) is 24.3 Å². The number of oxime groups is 1. The summed E-state index contributed by atoms with van der Waals surface area (Å²) < 4.78 is 5.15. The monoisotopic (exact) mass is 382 g/mol. The molecule has 2 aromatic heterocycles. The van der Waals surface area contributed by atoms with E-state index in [1.54, 1.807) is 13.2 Å². The Morgan fingerprint density at radius 1 is 1.22 bits per heavy atom. The van der Waals surface area contributed by atoms with Crippen LogP contribution < -0.4 is 10.1 Å². The zero-order valence-electron chi connectivity index (χ0n) is 14.6. The number of rotatable bonds is 8. The molecule has 0 unspecified atom stereocenters. The van der Waals surface area contributed by atoms with Gasteiger partial charge in [-0.05, 0) is 36.2 Å². The molecule has 0 bridgehead atoms. The molecule has 3 rings (SSSR count). The average molecular weight is 382 g/mol. The Balaban J connectivity index is 1.71. The van der Waals surface area contributed by atoms with E-state index in [9.17, 15) is 4.79 Å². The quantitative estimate of drug-likeness (QED) is 0.268. The van der Waals surface area contributed by atoms with Crippen molar-refractivity contribution in [3.05, 3.63) is 58.7 Å². The van der Waals surface area contributed by atoms with Crippen LogP contribution in [0.25, 0.3) is 10.6 Å². The van der Waals surface area contributed by atoms with Gasteiger partial charge in [0.25, 0.3) is 0 Å². The summed E-state index contributed by atoms with van der Waals surface area (Å²) in [6.07, 6.45) is 2.78. The molecule has 0 saturated heterocycles. The number of carbonyl (C=O) groups excluding carboxylic acids is 1. The van der Waals surface area contributed by atoms with Crippen LogP contribution in [0.5, 0.6) is 5.75 Å². The van der Waals surface area contributed by atoms with Crippen molar-refractivity contribution in [2.45, 2.75) is 6.42 Å². The fourth-order valence-corrected chi connectivity index (χ4v) is 3.31. The fourth-order valence-electron chi connectivity index (χ4n) is 2.48. The van der Waals surface area contributed by atoms with Gasteiger partial charge in [-0.15, -0.1) is 11.3 Å². The van der Waals surface area contributed by atoms with Crippen LogP contribution in [0.4, 0.5) is 5.82 Å². The first-order valence-corrected chi connectivity index (χ1v) is 9.02. The SMILES string of the molecule is COc1ccc(CCNc2cc(-c3ccc(/C=N\O)s3)nc(C=O)n2)cc1. The van der Waals surface area contributed by atoms with Crippen LogP contribution in [0, 0.1) is 0 Å². The van der Waals surface area contributed by atoms with Gasteiger partial charge >= 0.3 is 0 Å². The molecule has 3 aromatic rings. The van der Waals surface area contributed by atoms with Crippen molar-refractivity contribution in [3.8, 4) is 16.3 Å². The van der Waals surface area contributed by atoms with Gasteiger partial charge in [0, 0.05) is 17.5 Å². The van der Waals surface area contributed by atoms with Crippen molar-refractivity contribution in [2.24, 2.45) is 5.16 Å². The lowest BCUT2D eigenvalue weighted by atomic mass is 10.1. The molecule has 27 heavy (non-hydrogen) atoms. The van der Waals surface area contributed by atoms with Gasteiger partial charge in [-0.25, -0.2) is 9.97 Å². The molecule has 138 valence electrons. The molecule has 0 atom stereocenters. The van der Waals surface area contributed by atoms with Crippen LogP contribution in [0.2, 0.25) is 0 Å². The van der Waals surface area contributed by atoms with E-state index < -0.39 is 0 Å². The van der Waals surface area contributed by atoms with Crippen molar-refractivity contribution in [1.29, 1.82) is 0 Å². The number of hydrogen-bond acceptors (Lipinski definition) is 8. The Morgan fingerprint density at radius 3 is 2.74 bits per heavy atom. The number of nitrogens with zero attached hydrogens (tertiary/aromatic N) is 3. The van der Waals surface area contributed by atoms with Crippen molar-refractivity contribution < 1.29 is 14.7 Å². The zero-order chi connectivity index (χ0) is 19.1. The maximum Gasteiger partial charge on any atom is 0.195 e. The third-order valence-electron chi connectivity index (χ3n) is 3.79. The maximum absolute atomic E-state index is 11.2. The highest BCUT2D eigenvalue weighted by Gasteiger charge is 2.09. The predicted molar refractivity (Wildman–Crippen MR) is 105 cm³/mol. The minimum atomic E-state index is 0.116. The first-order valence-electron chi connectivity index (χ1n) is 8.20. The minimum Gasteiger partial charge on any atom is -0.497 e. The van der Waals surface area contributed by atoms with Crippen LogP contribution in [0.15, 0.2) is 47.6 Å². The van der Waals surface area contributed by atoms with E-state index >= 15 is 0 Å². The van der Waals surface area contributed by atoms with Crippen molar-refractivity contribution in [1.82, 2.24) is 9.97 Å². The second kappa shape index (κ2) is 8.91. The number of hydrogen-bond donors (Lipinski definition) is 2. The standard InChI is InChI=1S/C19H18N4O3S/c1-26-14-4-2-13(3-5-14)8-9-20-18-10-16(22-19(12-24)23-18)17-7-6-15(27-17)11-21-25/h2-7,10-12,25H,8-9H2,1H3,(H,20,22,23)/b21-11-. The summed E-state index contributed by atoms with van der Waals surface area (Å²) >= 11 is 1.41. The van der Waals surface area contributed by atoms with E-state index in [2.05, 4.69) is 20.4 Å². The topological polar surface area (TPSA) is 96.7 Å². The molecule has 0 aliphatic heterocycles. The lowest BCUT2D eigenvalue weighted by Crippen LogP contribution is -2.08. The second-order valence-corrected chi connectivity index (χ2v) is 6.70. The number of carbonyl (C=O) groups is 1. The summed E-state index contributed by atoms with van der Waals surface area (Å²) in [5.41, 5.74) is 1.81. The van der Waals surface area contributed by atoms with E-state index in [0.717, 1.165) is 21.9 Å². The van der Waals surface area contributed by atoms with E-state index in [1.807, 2.05) is 36.4 Å². The number of thiophene rings is 1. The van der Waals surface area contributed by atoms with Crippen molar-refractivity contribution in [2.75, 3.05) is 19.0 Å². The fraction of sp³-hybridized carbons (Fsp3) is 0.158. The van der Waals surface area contributed by atoms with Gasteiger partial charge in [0.05, 0.1) is 23.9 Å². The van der Waals surface area contributed by atoms with Gasteiger partial charge in [0.2, 0.25) is 0 Å². The normalized spacial score (nSPS) is 10.9. The Labute approximate surface area is 160 Å². The molecule has 0 radical (unpaired) electrons. The van der Waals surface area contributed by atoms with Gasteiger partial charge in [-0.1, -0.05) is 17.3 Å². The first kappa shape index (κ1) is 18.5. The molecule has 0 aliphatic carbocycles. The lowest BCUT2D eigenvalue weighted by molar-refractivity contribution is 0.111. The molecule has 2 N–H and O–H groups in total. The summed E-state index contributed by atoms with van der Waals surface area (Å²) in [5.74, 6) is 1.52. The molecular formula is C19H18N4O3S. The lowest BCUT2D eigenvalue weighted by Gasteiger charge is -2.08. The number of anilines is 1. The summed E-state index contributed by atoms with van der Waals surface area (Å²) in [7, 11) is 1.64. The Bertz CT molecular complexity index is 938. The Kier molecular flexibility index (Phi) is 6.11. The first-order chi connectivity index (χ1) is 13.2. The molecule has 0 fully saturated rings. The summed E-state index contributed by atoms with van der Waals surface area (Å²) in [5, 5.41) is 14.9. The van der Waals surface area contributed by atoms with Crippen LogP contribution >= 0.6 is 11.3 Å². The average Bonchev–Trinajstić information content (AvgIpc) is 3.17. The molecule has 0 amide bonds.